The molecular formula is C13H20O3. The summed E-state index contributed by atoms with van der Waals surface area (Å²) in [7, 11) is 3.32. The summed E-state index contributed by atoms with van der Waals surface area (Å²) >= 11 is 0. The van der Waals surface area contributed by atoms with E-state index in [1.54, 1.807) is 20.3 Å². The summed E-state index contributed by atoms with van der Waals surface area (Å²) in [5.74, 6) is 0.302. The molecule has 1 unspecified atom stereocenters. The lowest BCUT2D eigenvalue weighted by atomic mass is 9.94. The minimum Gasteiger partial charge on any atom is -0.508 e. The average molecular weight is 224 g/mol. The van der Waals surface area contributed by atoms with E-state index in [0.717, 1.165) is 5.56 Å². The predicted octanol–water partition coefficient (Wildman–Crippen LogP) is 2.37. The van der Waals surface area contributed by atoms with Gasteiger partial charge in [0.05, 0.1) is 11.7 Å². The normalized spacial score (nSPS) is 13.8. The molecule has 3 heteroatoms. The van der Waals surface area contributed by atoms with Crippen molar-refractivity contribution in [3.8, 4) is 5.75 Å². The van der Waals surface area contributed by atoms with Crippen molar-refractivity contribution in [3.05, 3.63) is 29.8 Å². The first-order chi connectivity index (χ1) is 7.51. The first-order valence-electron chi connectivity index (χ1n) is 5.36. The molecule has 1 atom stereocenters. The molecule has 1 N–H and O–H groups in total. The van der Waals surface area contributed by atoms with Crippen LogP contribution in [0, 0.1) is 0 Å². The molecule has 1 aromatic rings. The molecule has 0 amide bonds. The molecule has 0 saturated heterocycles. The summed E-state index contributed by atoms with van der Waals surface area (Å²) in [6.45, 7) is 3.95. The molecule has 16 heavy (non-hydrogen) atoms. The lowest BCUT2D eigenvalue weighted by molar-refractivity contribution is -0.0938. The molecule has 1 rings (SSSR count). The number of methoxy groups -OCH3 is 2. The van der Waals surface area contributed by atoms with Crippen LogP contribution in [0.2, 0.25) is 0 Å². The smallest absolute Gasteiger partial charge is 0.118 e. The molecule has 3 nitrogen and oxygen atoms in total. The minimum absolute atomic E-state index is 0.0919. The first kappa shape index (κ1) is 13.0. The Kier molecular flexibility index (Phi) is 4.33. The summed E-state index contributed by atoms with van der Waals surface area (Å²) in [4.78, 5) is 0. The number of ether oxygens (including phenoxy) is 2. The van der Waals surface area contributed by atoms with E-state index in [0.29, 0.717) is 12.2 Å². The fourth-order valence-electron chi connectivity index (χ4n) is 1.63. The number of phenols is 1. The second-order valence-electron chi connectivity index (χ2n) is 4.36. The van der Waals surface area contributed by atoms with Gasteiger partial charge in [0.2, 0.25) is 0 Å². The van der Waals surface area contributed by atoms with Crippen LogP contribution in [-0.4, -0.2) is 31.0 Å². The number of aromatic hydroxyl groups is 1. The van der Waals surface area contributed by atoms with Crippen LogP contribution in [0.25, 0.3) is 0 Å². The van der Waals surface area contributed by atoms with Crippen molar-refractivity contribution in [2.45, 2.75) is 32.0 Å². The van der Waals surface area contributed by atoms with Crippen LogP contribution in [0.3, 0.4) is 0 Å². The highest BCUT2D eigenvalue weighted by Gasteiger charge is 2.29. The van der Waals surface area contributed by atoms with Crippen molar-refractivity contribution in [3.63, 3.8) is 0 Å². The van der Waals surface area contributed by atoms with Crippen molar-refractivity contribution < 1.29 is 14.6 Å². The summed E-state index contributed by atoms with van der Waals surface area (Å²) in [5.41, 5.74) is 0.497. The van der Waals surface area contributed by atoms with Gasteiger partial charge in [-0.25, -0.2) is 0 Å². The van der Waals surface area contributed by atoms with Crippen LogP contribution in [0.4, 0.5) is 0 Å². The van der Waals surface area contributed by atoms with Gasteiger partial charge in [-0.2, -0.15) is 0 Å². The van der Waals surface area contributed by atoms with Crippen molar-refractivity contribution in [1.29, 1.82) is 0 Å². The summed E-state index contributed by atoms with van der Waals surface area (Å²) in [6, 6.07) is 7.29. The maximum absolute atomic E-state index is 9.70. The van der Waals surface area contributed by atoms with Crippen LogP contribution < -0.4 is 0 Å². The van der Waals surface area contributed by atoms with Gasteiger partial charge in [-0.05, 0) is 25.5 Å². The van der Waals surface area contributed by atoms with Crippen LogP contribution in [0.15, 0.2) is 24.3 Å². The van der Waals surface area contributed by atoms with Gasteiger partial charge in [0.1, 0.15) is 5.75 Å². The van der Waals surface area contributed by atoms with Crippen molar-refractivity contribution in [1.82, 2.24) is 0 Å². The Bertz CT molecular complexity index is 334. The fraction of sp³-hybridized carbons (Fsp3) is 0.538. The molecule has 1 aromatic carbocycles. The Morgan fingerprint density at radius 3 is 2.38 bits per heavy atom. The fourth-order valence-corrected chi connectivity index (χ4v) is 1.63. The largest absolute Gasteiger partial charge is 0.508 e. The van der Waals surface area contributed by atoms with Crippen molar-refractivity contribution in [2.24, 2.45) is 0 Å². The number of phenolic OH excluding ortho intramolecular Hbond substituents is 1. The average Bonchev–Trinajstić information content (AvgIpc) is 2.27. The molecule has 0 fully saturated rings. The second-order valence-corrected chi connectivity index (χ2v) is 4.36. The Morgan fingerprint density at radius 1 is 1.25 bits per heavy atom. The van der Waals surface area contributed by atoms with E-state index < -0.39 is 0 Å². The Morgan fingerprint density at radius 2 is 1.88 bits per heavy atom. The maximum atomic E-state index is 9.70. The van der Waals surface area contributed by atoms with Gasteiger partial charge < -0.3 is 14.6 Å². The second kappa shape index (κ2) is 5.32. The van der Waals surface area contributed by atoms with Gasteiger partial charge in [0.15, 0.2) is 0 Å². The molecule has 0 aromatic heterocycles. The number of benzene rings is 1. The van der Waals surface area contributed by atoms with Crippen LogP contribution in [0.1, 0.15) is 19.4 Å². The Balaban J connectivity index is 2.82. The zero-order valence-corrected chi connectivity index (χ0v) is 10.4. The summed E-state index contributed by atoms with van der Waals surface area (Å²) in [6.07, 6.45) is 0.537. The SMILES string of the molecule is COC(Cc1ccccc1O)C(C)(C)OC. The maximum Gasteiger partial charge on any atom is 0.118 e. The predicted molar refractivity (Wildman–Crippen MR) is 63.7 cm³/mol. The molecule has 90 valence electrons. The van der Waals surface area contributed by atoms with Crippen molar-refractivity contribution >= 4 is 0 Å². The summed E-state index contributed by atoms with van der Waals surface area (Å²) in [5, 5.41) is 9.70. The Hall–Kier alpha value is -1.06. The monoisotopic (exact) mass is 224 g/mol. The molecule has 0 aliphatic carbocycles. The van der Waals surface area contributed by atoms with E-state index in [-0.39, 0.29) is 11.7 Å². The standard InChI is InChI=1S/C13H20O3/c1-13(2,16-4)12(15-3)9-10-7-5-6-8-11(10)14/h5-8,12,14H,9H2,1-4H3. The first-order valence-corrected chi connectivity index (χ1v) is 5.36. The Labute approximate surface area is 97.0 Å². The van der Waals surface area contributed by atoms with Gasteiger partial charge in [-0.1, -0.05) is 18.2 Å². The molecule has 0 spiro atoms. The quantitative estimate of drug-likeness (QED) is 0.834. The van der Waals surface area contributed by atoms with E-state index in [4.69, 9.17) is 9.47 Å². The minimum atomic E-state index is -0.378. The zero-order valence-electron chi connectivity index (χ0n) is 10.4. The lowest BCUT2D eigenvalue weighted by Crippen LogP contribution is -2.41. The molecule has 0 saturated carbocycles. The highest BCUT2D eigenvalue weighted by molar-refractivity contribution is 5.32. The molecule has 0 aliphatic rings. The highest BCUT2D eigenvalue weighted by atomic mass is 16.5. The number of hydrogen-bond donors (Lipinski definition) is 1. The van der Waals surface area contributed by atoms with Crippen LogP contribution in [-0.2, 0) is 15.9 Å². The van der Waals surface area contributed by atoms with E-state index in [1.807, 2.05) is 32.0 Å². The molecule has 0 heterocycles. The topological polar surface area (TPSA) is 38.7 Å². The highest BCUT2D eigenvalue weighted by Crippen LogP contribution is 2.24. The van der Waals surface area contributed by atoms with Gasteiger partial charge in [-0.3, -0.25) is 0 Å². The third kappa shape index (κ3) is 2.97. The van der Waals surface area contributed by atoms with Gasteiger partial charge in [-0.15, -0.1) is 0 Å². The van der Waals surface area contributed by atoms with Crippen LogP contribution >= 0.6 is 0 Å². The van der Waals surface area contributed by atoms with Gasteiger partial charge in [0.25, 0.3) is 0 Å². The summed E-state index contributed by atoms with van der Waals surface area (Å²) < 4.78 is 10.8. The van der Waals surface area contributed by atoms with Gasteiger partial charge >= 0.3 is 0 Å². The molecule has 0 radical (unpaired) electrons. The third-order valence-electron chi connectivity index (χ3n) is 2.98. The molecular weight excluding hydrogens is 204 g/mol. The van der Waals surface area contributed by atoms with Crippen molar-refractivity contribution in [2.75, 3.05) is 14.2 Å². The van der Waals surface area contributed by atoms with E-state index in [2.05, 4.69) is 0 Å². The van der Waals surface area contributed by atoms with Crippen LogP contribution in [0.5, 0.6) is 5.75 Å². The molecule has 0 aliphatic heterocycles. The number of rotatable bonds is 5. The van der Waals surface area contributed by atoms with E-state index >= 15 is 0 Å². The van der Waals surface area contributed by atoms with E-state index in [9.17, 15) is 5.11 Å². The lowest BCUT2D eigenvalue weighted by Gasteiger charge is -2.32. The zero-order chi connectivity index (χ0) is 12.2. The van der Waals surface area contributed by atoms with E-state index in [1.165, 1.54) is 0 Å². The number of hydrogen-bond acceptors (Lipinski definition) is 3. The molecule has 0 bridgehead atoms. The number of para-hydroxylation sites is 1. The third-order valence-corrected chi connectivity index (χ3v) is 2.98. The van der Waals surface area contributed by atoms with Gasteiger partial charge in [0, 0.05) is 20.6 Å².